The largest absolute Gasteiger partial charge is 0.478 e. The van der Waals surface area contributed by atoms with Crippen molar-refractivity contribution in [2.45, 2.75) is 45.3 Å². The van der Waals surface area contributed by atoms with Gasteiger partial charge in [-0.3, -0.25) is 4.79 Å². The van der Waals surface area contributed by atoms with E-state index in [1.165, 1.54) is 13.8 Å². The maximum Gasteiger partial charge on any atom is 0.347 e. The normalized spacial score (nSPS) is 11.7. The van der Waals surface area contributed by atoms with E-state index in [9.17, 15) is 14.7 Å². The zero-order valence-corrected chi connectivity index (χ0v) is 22.3. The number of aromatic nitrogens is 3. The Kier molecular flexibility index (Phi) is 7.11. The summed E-state index contributed by atoms with van der Waals surface area (Å²) in [5.74, 6) is -0.203. The number of carbonyl (C=O) groups excluding carboxylic acids is 1. The molecule has 0 aliphatic carbocycles. The highest BCUT2D eigenvalue weighted by Crippen LogP contribution is 2.24. The van der Waals surface area contributed by atoms with E-state index in [0.29, 0.717) is 23.7 Å². The van der Waals surface area contributed by atoms with Crippen molar-refractivity contribution < 1.29 is 23.8 Å². The molecule has 0 aliphatic rings. The number of hydrogen-bond acceptors (Lipinski definition) is 5. The second kappa shape index (κ2) is 10.6. The molecule has 3 aromatic heterocycles. The molecule has 0 amide bonds. The molecule has 0 radical (unpaired) electrons. The van der Waals surface area contributed by atoms with E-state index >= 15 is 0 Å². The minimum Gasteiger partial charge on any atom is -0.478 e. The minimum absolute atomic E-state index is 0.126. The van der Waals surface area contributed by atoms with Gasteiger partial charge in [-0.1, -0.05) is 12.1 Å². The Hall–Kier alpha value is -4.59. The number of unbranched alkanes of at least 4 members (excludes halogenated alkanes) is 1. The van der Waals surface area contributed by atoms with Crippen molar-refractivity contribution in [3.63, 3.8) is 0 Å². The number of carbonyl (C=O) groups is 2. The van der Waals surface area contributed by atoms with Crippen LogP contribution in [0.4, 0.5) is 0 Å². The lowest BCUT2D eigenvalue weighted by molar-refractivity contribution is -0.152. The van der Waals surface area contributed by atoms with Crippen LogP contribution in [0, 0.1) is 0 Å². The standard InChI is InChI=1S/C31H31N3O5/c1-31(2,30(36)37)39-24-12-9-21(10-13-24)7-4-5-17-34-20-25(26-8-6-16-33(26)3)32-29(34)28(35)23-11-14-27-22(19-23)15-18-38-27/h6,8-16,18-20H,4-5,7,17H2,1-3H3,(H,36,37). The van der Waals surface area contributed by atoms with Crippen LogP contribution >= 0.6 is 0 Å². The van der Waals surface area contributed by atoms with Crippen LogP contribution in [-0.4, -0.2) is 36.6 Å². The van der Waals surface area contributed by atoms with Crippen molar-refractivity contribution in [2.75, 3.05) is 0 Å². The summed E-state index contributed by atoms with van der Waals surface area (Å²) in [5.41, 5.74) is 2.86. The Morgan fingerprint density at radius 2 is 1.85 bits per heavy atom. The molecule has 3 heterocycles. The van der Waals surface area contributed by atoms with Crippen molar-refractivity contribution in [1.82, 2.24) is 14.1 Å². The summed E-state index contributed by atoms with van der Waals surface area (Å²) in [6.45, 7) is 3.70. The summed E-state index contributed by atoms with van der Waals surface area (Å²) in [6.07, 6.45) is 8.14. The number of furan rings is 1. The van der Waals surface area contributed by atoms with Crippen molar-refractivity contribution in [2.24, 2.45) is 7.05 Å². The molecule has 2 aromatic carbocycles. The van der Waals surface area contributed by atoms with E-state index in [-0.39, 0.29) is 5.78 Å². The number of imidazole rings is 1. The van der Waals surface area contributed by atoms with Crippen LogP contribution in [0.15, 0.2) is 83.7 Å². The molecule has 0 spiro atoms. The Labute approximate surface area is 226 Å². The summed E-state index contributed by atoms with van der Waals surface area (Å²) in [5, 5.41) is 10.1. The van der Waals surface area contributed by atoms with Crippen LogP contribution in [-0.2, 0) is 24.8 Å². The average molecular weight is 526 g/mol. The summed E-state index contributed by atoms with van der Waals surface area (Å²) in [7, 11) is 1.96. The number of ketones is 1. The van der Waals surface area contributed by atoms with Crippen molar-refractivity contribution in [3.8, 4) is 17.1 Å². The molecule has 8 nitrogen and oxygen atoms in total. The molecule has 5 aromatic rings. The Morgan fingerprint density at radius 3 is 2.56 bits per heavy atom. The number of rotatable bonds is 11. The van der Waals surface area contributed by atoms with Gasteiger partial charge in [-0.25, -0.2) is 9.78 Å². The summed E-state index contributed by atoms with van der Waals surface area (Å²) >= 11 is 0. The zero-order valence-electron chi connectivity index (χ0n) is 22.3. The monoisotopic (exact) mass is 525 g/mol. The smallest absolute Gasteiger partial charge is 0.347 e. The number of nitrogens with zero attached hydrogens (tertiary/aromatic N) is 3. The molecule has 8 heteroatoms. The number of benzene rings is 2. The number of carboxylic acid groups (broad SMARTS) is 1. The zero-order chi connectivity index (χ0) is 27.6. The molecule has 39 heavy (non-hydrogen) atoms. The highest BCUT2D eigenvalue weighted by molar-refractivity contribution is 6.08. The first kappa shape index (κ1) is 26.0. The van der Waals surface area contributed by atoms with Gasteiger partial charge >= 0.3 is 5.97 Å². The SMILES string of the molecule is Cn1cccc1-c1cn(CCCCc2ccc(OC(C)(C)C(=O)O)cc2)c(C(=O)c2ccc3occc3c2)n1. The second-order valence-electron chi connectivity index (χ2n) is 10.2. The van der Waals surface area contributed by atoms with Gasteiger partial charge in [0.15, 0.2) is 11.4 Å². The molecule has 0 aliphatic heterocycles. The number of aliphatic carboxylic acids is 1. The van der Waals surface area contributed by atoms with E-state index in [0.717, 1.165) is 47.2 Å². The number of ether oxygens (including phenoxy) is 1. The van der Waals surface area contributed by atoms with Crippen LogP contribution in [0.2, 0.25) is 0 Å². The highest BCUT2D eigenvalue weighted by Gasteiger charge is 2.29. The number of carboxylic acids is 1. The summed E-state index contributed by atoms with van der Waals surface area (Å²) in [6, 6.07) is 18.7. The number of hydrogen-bond donors (Lipinski definition) is 1. The van der Waals surface area contributed by atoms with Gasteiger partial charge in [-0.05, 0) is 87.2 Å². The van der Waals surface area contributed by atoms with Gasteiger partial charge in [-0.15, -0.1) is 0 Å². The fourth-order valence-electron chi connectivity index (χ4n) is 4.53. The predicted molar refractivity (Wildman–Crippen MR) is 148 cm³/mol. The highest BCUT2D eigenvalue weighted by atomic mass is 16.5. The fourth-order valence-corrected chi connectivity index (χ4v) is 4.53. The average Bonchev–Trinajstić information content (AvgIpc) is 3.66. The molecule has 0 fully saturated rings. The lowest BCUT2D eigenvalue weighted by Gasteiger charge is -2.21. The van der Waals surface area contributed by atoms with Gasteiger partial charge in [0, 0.05) is 36.9 Å². The molecule has 0 bridgehead atoms. The Balaban J connectivity index is 1.28. The summed E-state index contributed by atoms with van der Waals surface area (Å²) in [4.78, 5) is 29.6. The van der Waals surface area contributed by atoms with Crippen LogP contribution in [0.25, 0.3) is 22.4 Å². The molecule has 5 rings (SSSR count). The molecule has 0 atom stereocenters. The van der Waals surface area contributed by atoms with Crippen LogP contribution < -0.4 is 4.74 Å². The van der Waals surface area contributed by atoms with Crippen molar-refractivity contribution in [1.29, 1.82) is 0 Å². The number of fused-ring (bicyclic) bond motifs is 1. The third-order valence-corrected chi connectivity index (χ3v) is 6.83. The fraction of sp³-hybridized carbons (Fsp3) is 0.258. The van der Waals surface area contributed by atoms with Crippen LogP contribution in [0.5, 0.6) is 5.75 Å². The molecule has 0 saturated carbocycles. The van der Waals surface area contributed by atoms with Gasteiger partial charge in [0.05, 0.1) is 12.0 Å². The quantitative estimate of drug-likeness (QED) is 0.164. The third-order valence-electron chi connectivity index (χ3n) is 6.83. The first-order valence-electron chi connectivity index (χ1n) is 12.9. The Bertz CT molecular complexity index is 1620. The van der Waals surface area contributed by atoms with Crippen LogP contribution in [0.3, 0.4) is 0 Å². The van der Waals surface area contributed by atoms with E-state index in [1.54, 1.807) is 24.5 Å². The topological polar surface area (TPSA) is 99.5 Å². The molecular formula is C31H31N3O5. The predicted octanol–water partition coefficient (Wildman–Crippen LogP) is 6.13. The lowest BCUT2D eigenvalue weighted by atomic mass is 10.1. The Morgan fingerprint density at radius 1 is 1.05 bits per heavy atom. The van der Waals surface area contributed by atoms with Gasteiger partial charge in [0.2, 0.25) is 5.78 Å². The van der Waals surface area contributed by atoms with E-state index < -0.39 is 11.6 Å². The van der Waals surface area contributed by atoms with Gasteiger partial charge < -0.3 is 23.4 Å². The number of aryl methyl sites for hydroxylation is 3. The minimum atomic E-state index is -1.29. The van der Waals surface area contributed by atoms with Crippen LogP contribution in [0.1, 0.15) is 48.4 Å². The van der Waals surface area contributed by atoms with E-state index in [4.69, 9.17) is 14.1 Å². The maximum absolute atomic E-state index is 13.6. The van der Waals surface area contributed by atoms with Gasteiger partial charge in [0.1, 0.15) is 17.0 Å². The van der Waals surface area contributed by atoms with Gasteiger partial charge in [0.25, 0.3) is 0 Å². The third kappa shape index (κ3) is 5.65. The molecule has 0 saturated heterocycles. The molecule has 200 valence electrons. The molecule has 1 N–H and O–H groups in total. The first-order chi connectivity index (χ1) is 18.7. The first-order valence-corrected chi connectivity index (χ1v) is 12.9. The lowest BCUT2D eigenvalue weighted by Crippen LogP contribution is -2.37. The van der Waals surface area contributed by atoms with Gasteiger partial charge in [-0.2, -0.15) is 0 Å². The summed E-state index contributed by atoms with van der Waals surface area (Å²) < 4.78 is 15.0. The molecular weight excluding hydrogens is 494 g/mol. The van der Waals surface area contributed by atoms with E-state index in [2.05, 4.69) is 0 Å². The van der Waals surface area contributed by atoms with E-state index in [1.807, 2.05) is 71.0 Å². The van der Waals surface area contributed by atoms with Crippen molar-refractivity contribution >= 4 is 22.7 Å². The second-order valence-corrected chi connectivity index (χ2v) is 10.2. The van der Waals surface area contributed by atoms with Crippen molar-refractivity contribution in [3.05, 3.63) is 96.3 Å². The maximum atomic E-state index is 13.6. The molecule has 0 unspecified atom stereocenters.